The highest BCUT2D eigenvalue weighted by molar-refractivity contribution is 7.99. The fraction of sp³-hybridized carbons (Fsp3) is 0.278. The zero-order valence-corrected chi connectivity index (χ0v) is 18.2. The van der Waals surface area contributed by atoms with Gasteiger partial charge in [-0.1, -0.05) is 17.7 Å². The van der Waals surface area contributed by atoms with E-state index in [0.29, 0.717) is 22.9 Å². The van der Waals surface area contributed by atoms with Crippen molar-refractivity contribution in [2.45, 2.75) is 11.8 Å². The summed E-state index contributed by atoms with van der Waals surface area (Å²) in [4.78, 5) is 23.7. The lowest BCUT2D eigenvalue weighted by Gasteiger charge is -2.23. The van der Waals surface area contributed by atoms with E-state index in [2.05, 4.69) is 5.32 Å². The number of non-ortho nitro benzene ring substituents is 1. The first-order valence-electron chi connectivity index (χ1n) is 8.46. The molecule has 156 valence electrons. The Kier molecular flexibility index (Phi) is 7.88. The lowest BCUT2D eigenvalue weighted by molar-refractivity contribution is -0.384. The number of carbonyl (C=O) groups excluding carboxylic acids is 1. The van der Waals surface area contributed by atoms with E-state index in [1.807, 2.05) is 12.1 Å². The molecule has 0 atom stereocenters. The van der Waals surface area contributed by atoms with Crippen molar-refractivity contribution in [1.82, 2.24) is 5.32 Å². The van der Waals surface area contributed by atoms with Crippen LogP contribution < -0.4 is 9.62 Å². The first kappa shape index (κ1) is 23.0. The van der Waals surface area contributed by atoms with Gasteiger partial charge in [0.25, 0.3) is 5.69 Å². The summed E-state index contributed by atoms with van der Waals surface area (Å²) in [5.74, 6) is 0.0836. The summed E-state index contributed by atoms with van der Waals surface area (Å²) < 4.78 is 25.3. The van der Waals surface area contributed by atoms with Crippen LogP contribution >= 0.6 is 23.4 Å². The maximum Gasteiger partial charge on any atom is 0.271 e. The van der Waals surface area contributed by atoms with Crippen LogP contribution in [0, 0.1) is 17.0 Å². The van der Waals surface area contributed by atoms with Crippen molar-refractivity contribution in [2.24, 2.45) is 0 Å². The van der Waals surface area contributed by atoms with Gasteiger partial charge in [-0.25, -0.2) is 8.42 Å². The maximum absolute atomic E-state index is 12.3. The summed E-state index contributed by atoms with van der Waals surface area (Å²) in [6.07, 6.45) is 0.953. The molecule has 0 aliphatic rings. The number of aryl methyl sites for hydroxylation is 1. The Bertz CT molecular complexity index is 997. The number of nitro groups is 1. The highest BCUT2D eigenvalue weighted by Crippen LogP contribution is 2.27. The third-order valence-corrected chi connectivity index (χ3v) is 6.26. The van der Waals surface area contributed by atoms with E-state index in [1.165, 1.54) is 23.9 Å². The molecular weight excluding hydrogens is 438 g/mol. The minimum atomic E-state index is -3.82. The molecule has 0 bridgehead atoms. The predicted octanol–water partition coefficient (Wildman–Crippen LogP) is 3.23. The summed E-state index contributed by atoms with van der Waals surface area (Å²) in [5, 5.41) is 14.3. The van der Waals surface area contributed by atoms with Crippen LogP contribution in [0.25, 0.3) is 0 Å². The van der Waals surface area contributed by atoms with Gasteiger partial charge in [-0.2, -0.15) is 0 Å². The maximum atomic E-state index is 12.3. The number of hydrogen-bond acceptors (Lipinski definition) is 6. The van der Waals surface area contributed by atoms with Gasteiger partial charge in [0.05, 0.1) is 16.9 Å². The number of carbonyl (C=O) groups is 1. The lowest BCUT2D eigenvalue weighted by Crippen LogP contribution is -2.41. The molecule has 2 rings (SSSR count). The van der Waals surface area contributed by atoms with Crippen molar-refractivity contribution in [3.63, 3.8) is 0 Å². The first-order valence-corrected chi connectivity index (χ1v) is 11.7. The number of amides is 1. The highest BCUT2D eigenvalue weighted by Gasteiger charge is 2.24. The highest BCUT2D eigenvalue weighted by atomic mass is 35.5. The number of nitro benzene ring substituents is 1. The number of hydrogen-bond donors (Lipinski definition) is 1. The zero-order valence-electron chi connectivity index (χ0n) is 15.8. The number of halogens is 1. The third-order valence-electron chi connectivity index (χ3n) is 3.87. The molecule has 1 amide bonds. The second kappa shape index (κ2) is 9.95. The lowest BCUT2D eigenvalue weighted by atomic mass is 10.2. The molecule has 0 saturated heterocycles. The van der Waals surface area contributed by atoms with Gasteiger partial charge in [-0.3, -0.25) is 19.2 Å². The van der Waals surface area contributed by atoms with Crippen molar-refractivity contribution in [1.29, 1.82) is 0 Å². The Morgan fingerprint density at radius 2 is 1.90 bits per heavy atom. The number of sulfonamides is 1. The molecule has 0 heterocycles. The minimum absolute atomic E-state index is 0.104. The van der Waals surface area contributed by atoms with Crippen LogP contribution in [0.4, 0.5) is 11.4 Å². The summed E-state index contributed by atoms with van der Waals surface area (Å²) >= 11 is 7.35. The summed E-state index contributed by atoms with van der Waals surface area (Å²) in [6, 6.07) is 11.2. The molecule has 29 heavy (non-hydrogen) atoms. The van der Waals surface area contributed by atoms with E-state index >= 15 is 0 Å². The molecule has 0 radical (unpaired) electrons. The van der Waals surface area contributed by atoms with Crippen molar-refractivity contribution in [2.75, 3.05) is 29.4 Å². The molecule has 0 aromatic heterocycles. The SMILES string of the molecule is Cc1ccc([N+](=O)[O-])cc1N(CC(=O)NCCSc1ccc(Cl)cc1)S(C)(=O)=O. The molecule has 0 aliphatic carbocycles. The van der Waals surface area contributed by atoms with Gasteiger partial charge in [0.2, 0.25) is 15.9 Å². The van der Waals surface area contributed by atoms with E-state index in [-0.39, 0.29) is 11.4 Å². The van der Waals surface area contributed by atoms with Crippen molar-refractivity contribution < 1.29 is 18.1 Å². The quantitative estimate of drug-likeness (QED) is 0.268. The Hall–Kier alpha value is -2.30. The smallest absolute Gasteiger partial charge is 0.271 e. The molecule has 11 heteroatoms. The normalized spacial score (nSPS) is 11.1. The Morgan fingerprint density at radius 1 is 1.24 bits per heavy atom. The van der Waals surface area contributed by atoms with Crippen molar-refractivity contribution >= 4 is 50.7 Å². The summed E-state index contributed by atoms with van der Waals surface area (Å²) in [6.45, 7) is 1.49. The van der Waals surface area contributed by atoms with Gasteiger partial charge in [0, 0.05) is 34.3 Å². The van der Waals surface area contributed by atoms with Gasteiger partial charge < -0.3 is 5.32 Å². The van der Waals surface area contributed by atoms with Crippen LogP contribution in [0.1, 0.15) is 5.56 Å². The van der Waals surface area contributed by atoms with Crippen LogP contribution in [-0.2, 0) is 14.8 Å². The summed E-state index contributed by atoms with van der Waals surface area (Å²) in [5.41, 5.74) is 0.360. The Balaban J connectivity index is 2.01. The zero-order chi connectivity index (χ0) is 21.6. The van der Waals surface area contributed by atoms with E-state index in [4.69, 9.17) is 11.6 Å². The van der Waals surface area contributed by atoms with E-state index in [9.17, 15) is 23.3 Å². The number of thioether (sulfide) groups is 1. The molecular formula is C18H20ClN3O5S2. The van der Waals surface area contributed by atoms with Crippen molar-refractivity contribution in [3.05, 3.63) is 63.2 Å². The van der Waals surface area contributed by atoms with Gasteiger partial charge in [-0.05, 0) is 36.8 Å². The molecule has 0 saturated carbocycles. The predicted molar refractivity (Wildman–Crippen MR) is 115 cm³/mol. The molecule has 1 N–H and O–H groups in total. The number of rotatable bonds is 9. The molecule has 2 aromatic carbocycles. The average molecular weight is 458 g/mol. The molecule has 0 aliphatic heterocycles. The molecule has 0 spiro atoms. The fourth-order valence-corrected chi connectivity index (χ4v) is 4.24. The minimum Gasteiger partial charge on any atom is -0.354 e. The number of nitrogens with zero attached hydrogens (tertiary/aromatic N) is 2. The summed E-state index contributed by atoms with van der Waals surface area (Å²) in [7, 11) is -3.82. The molecule has 0 unspecified atom stereocenters. The van der Waals surface area contributed by atoms with Crippen LogP contribution in [0.3, 0.4) is 0 Å². The van der Waals surface area contributed by atoms with Gasteiger partial charge in [-0.15, -0.1) is 11.8 Å². The van der Waals surface area contributed by atoms with E-state index in [1.54, 1.807) is 19.1 Å². The van der Waals surface area contributed by atoms with Crippen LogP contribution in [-0.4, -0.2) is 44.3 Å². The largest absolute Gasteiger partial charge is 0.354 e. The third kappa shape index (κ3) is 6.91. The van der Waals surface area contributed by atoms with Crippen LogP contribution in [0.2, 0.25) is 5.02 Å². The Morgan fingerprint density at radius 3 is 2.48 bits per heavy atom. The topological polar surface area (TPSA) is 110 Å². The second-order valence-electron chi connectivity index (χ2n) is 6.15. The fourth-order valence-electron chi connectivity index (χ4n) is 2.44. The first-order chi connectivity index (χ1) is 13.6. The van der Waals surface area contributed by atoms with E-state index < -0.39 is 27.4 Å². The molecule has 8 nitrogen and oxygen atoms in total. The second-order valence-corrected chi connectivity index (χ2v) is 9.66. The average Bonchev–Trinajstić information content (AvgIpc) is 2.64. The van der Waals surface area contributed by atoms with Crippen LogP contribution in [0.5, 0.6) is 0 Å². The van der Waals surface area contributed by atoms with Crippen LogP contribution in [0.15, 0.2) is 47.4 Å². The molecule has 0 fully saturated rings. The number of nitrogens with one attached hydrogen (secondary N) is 1. The van der Waals surface area contributed by atoms with Crippen molar-refractivity contribution in [3.8, 4) is 0 Å². The monoisotopic (exact) mass is 457 g/mol. The Labute approximate surface area is 178 Å². The number of anilines is 1. The standard InChI is InChI=1S/C18H20ClN3O5S2/c1-13-3-6-15(22(24)25)11-17(13)21(29(2,26)27)12-18(23)20-9-10-28-16-7-4-14(19)5-8-16/h3-8,11H,9-10,12H2,1-2H3,(H,20,23). The van der Waals surface area contributed by atoms with Gasteiger partial charge in [0.1, 0.15) is 6.54 Å². The molecule has 2 aromatic rings. The van der Waals surface area contributed by atoms with Gasteiger partial charge >= 0.3 is 0 Å². The van der Waals surface area contributed by atoms with E-state index in [0.717, 1.165) is 21.5 Å². The van der Waals surface area contributed by atoms with Gasteiger partial charge in [0.15, 0.2) is 0 Å². The number of benzene rings is 2.